The van der Waals surface area contributed by atoms with E-state index in [1.165, 1.54) is 11.6 Å². The second kappa shape index (κ2) is 8.97. The van der Waals surface area contributed by atoms with Gasteiger partial charge in [-0.1, -0.05) is 30.3 Å². The molecule has 2 rings (SSSR count). The molecule has 0 amide bonds. The van der Waals surface area contributed by atoms with Crippen molar-refractivity contribution in [1.82, 2.24) is 4.90 Å². The molecule has 0 bridgehead atoms. The fraction of sp³-hybridized carbons (Fsp3) is 0.429. The monoisotopic (exact) mass is 372 g/mol. The van der Waals surface area contributed by atoms with Crippen LogP contribution in [0.2, 0.25) is 0 Å². The summed E-state index contributed by atoms with van der Waals surface area (Å²) in [7, 11) is 0. The Bertz CT molecular complexity index is 757. The van der Waals surface area contributed by atoms with E-state index in [9.17, 15) is 15.2 Å². The van der Waals surface area contributed by atoms with Gasteiger partial charge < -0.3 is 9.84 Å². The van der Waals surface area contributed by atoms with E-state index in [-0.39, 0.29) is 17.8 Å². The lowest BCUT2D eigenvalue weighted by atomic mass is 10.0. The van der Waals surface area contributed by atoms with Gasteiger partial charge in [-0.15, -0.1) is 0 Å². The summed E-state index contributed by atoms with van der Waals surface area (Å²) in [6.07, 6.45) is -0.677. The summed E-state index contributed by atoms with van der Waals surface area (Å²) in [6.45, 7) is 9.33. The lowest BCUT2D eigenvalue weighted by Gasteiger charge is -2.37. The topological polar surface area (TPSA) is 75.8 Å². The van der Waals surface area contributed by atoms with Crippen LogP contribution in [0.1, 0.15) is 31.9 Å². The number of hydrogen-bond donors (Lipinski definition) is 1. The van der Waals surface area contributed by atoms with Crippen molar-refractivity contribution in [1.29, 1.82) is 0 Å². The van der Waals surface area contributed by atoms with E-state index < -0.39 is 11.0 Å². The van der Waals surface area contributed by atoms with Gasteiger partial charge in [0.15, 0.2) is 0 Å². The summed E-state index contributed by atoms with van der Waals surface area (Å²) in [5, 5.41) is 21.3. The van der Waals surface area contributed by atoms with E-state index in [1.807, 2.05) is 18.2 Å². The Labute approximate surface area is 160 Å². The van der Waals surface area contributed by atoms with Gasteiger partial charge in [-0.2, -0.15) is 0 Å². The van der Waals surface area contributed by atoms with Gasteiger partial charge in [-0.3, -0.25) is 15.0 Å². The highest BCUT2D eigenvalue weighted by molar-refractivity contribution is 5.44. The first kappa shape index (κ1) is 20.9. The minimum Gasteiger partial charge on any atom is -0.491 e. The van der Waals surface area contributed by atoms with Crippen LogP contribution in [0.15, 0.2) is 48.5 Å². The van der Waals surface area contributed by atoms with E-state index in [2.05, 4.69) is 37.8 Å². The Balaban J connectivity index is 1.96. The summed E-state index contributed by atoms with van der Waals surface area (Å²) < 4.78 is 5.65. The Morgan fingerprint density at radius 3 is 2.41 bits per heavy atom. The molecule has 0 saturated carbocycles. The molecule has 1 atom stereocenters. The number of nitro groups is 1. The van der Waals surface area contributed by atoms with Gasteiger partial charge >= 0.3 is 0 Å². The molecule has 0 heterocycles. The fourth-order valence-corrected chi connectivity index (χ4v) is 2.80. The van der Waals surface area contributed by atoms with Gasteiger partial charge in [-0.05, 0) is 45.4 Å². The molecule has 146 valence electrons. The summed E-state index contributed by atoms with van der Waals surface area (Å²) >= 11 is 0. The molecule has 1 unspecified atom stereocenters. The van der Waals surface area contributed by atoms with Crippen LogP contribution in [0.5, 0.6) is 5.75 Å². The summed E-state index contributed by atoms with van der Waals surface area (Å²) in [5.41, 5.74) is 1.67. The molecule has 1 N–H and O–H groups in total. The molecule has 0 spiro atoms. The van der Waals surface area contributed by atoms with Gasteiger partial charge in [0.05, 0.1) is 4.92 Å². The average Bonchev–Trinajstić information content (AvgIpc) is 2.59. The highest BCUT2D eigenvalue weighted by atomic mass is 16.6. The lowest BCUT2D eigenvalue weighted by Crippen LogP contribution is -2.46. The van der Waals surface area contributed by atoms with Gasteiger partial charge in [0.25, 0.3) is 5.69 Å². The van der Waals surface area contributed by atoms with E-state index >= 15 is 0 Å². The number of β-amino-alcohol motifs (C(OH)–C–C–N with tert-alkyl or cyclic N) is 1. The van der Waals surface area contributed by atoms with Crippen LogP contribution >= 0.6 is 0 Å². The van der Waals surface area contributed by atoms with E-state index in [4.69, 9.17) is 4.74 Å². The third-order valence-electron chi connectivity index (χ3n) is 4.40. The van der Waals surface area contributed by atoms with Crippen molar-refractivity contribution in [2.75, 3.05) is 13.2 Å². The number of benzene rings is 2. The summed E-state index contributed by atoms with van der Waals surface area (Å²) in [6, 6.07) is 14.7. The predicted molar refractivity (Wildman–Crippen MR) is 106 cm³/mol. The number of hydrogen-bond acceptors (Lipinski definition) is 5. The Kier molecular flexibility index (Phi) is 6.93. The second-order valence-electron chi connectivity index (χ2n) is 7.71. The van der Waals surface area contributed by atoms with Crippen LogP contribution in [0.25, 0.3) is 0 Å². The fourth-order valence-electron chi connectivity index (χ4n) is 2.80. The smallest absolute Gasteiger partial charge is 0.272 e. The van der Waals surface area contributed by atoms with Crippen LogP contribution in [0.3, 0.4) is 0 Å². The lowest BCUT2D eigenvalue weighted by molar-refractivity contribution is -0.385. The maximum Gasteiger partial charge on any atom is 0.272 e. The SMILES string of the molecule is Cc1cc(OCC(O)CN(Cc2ccccc2)C(C)(C)C)ccc1[N+](=O)[O-]. The number of nitrogens with zero attached hydrogens (tertiary/aromatic N) is 2. The predicted octanol–water partition coefficient (Wildman–Crippen LogP) is 3.94. The van der Waals surface area contributed by atoms with Gasteiger partial charge in [-0.25, -0.2) is 0 Å². The third-order valence-corrected chi connectivity index (χ3v) is 4.40. The van der Waals surface area contributed by atoms with Crippen molar-refractivity contribution in [3.8, 4) is 5.75 Å². The van der Waals surface area contributed by atoms with Crippen molar-refractivity contribution < 1.29 is 14.8 Å². The quantitative estimate of drug-likeness (QED) is 0.561. The zero-order valence-corrected chi connectivity index (χ0v) is 16.4. The molecule has 0 fully saturated rings. The van der Waals surface area contributed by atoms with E-state index in [0.717, 1.165) is 6.54 Å². The molecule has 2 aromatic carbocycles. The zero-order valence-electron chi connectivity index (χ0n) is 16.4. The molecule has 27 heavy (non-hydrogen) atoms. The second-order valence-corrected chi connectivity index (χ2v) is 7.71. The van der Waals surface area contributed by atoms with Crippen LogP contribution in [-0.2, 0) is 6.54 Å². The molecule has 0 aliphatic carbocycles. The molecule has 6 heteroatoms. The number of aliphatic hydroxyl groups excluding tert-OH is 1. The number of aryl methyl sites for hydroxylation is 1. The van der Waals surface area contributed by atoms with Crippen molar-refractivity contribution in [2.45, 2.75) is 45.9 Å². The van der Waals surface area contributed by atoms with Crippen molar-refractivity contribution >= 4 is 5.69 Å². The highest BCUT2D eigenvalue weighted by Crippen LogP contribution is 2.23. The first-order chi connectivity index (χ1) is 12.7. The Hall–Kier alpha value is -2.44. The minimum absolute atomic E-state index is 0.0599. The largest absolute Gasteiger partial charge is 0.491 e. The van der Waals surface area contributed by atoms with E-state index in [0.29, 0.717) is 17.9 Å². The third kappa shape index (κ3) is 6.34. The first-order valence-corrected chi connectivity index (χ1v) is 9.01. The van der Waals surface area contributed by atoms with Crippen molar-refractivity contribution in [3.05, 3.63) is 69.8 Å². The molecule has 6 nitrogen and oxygen atoms in total. The van der Waals surface area contributed by atoms with Gasteiger partial charge in [0.2, 0.25) is 0 Å². The number of rotatable bonds is 8. The maximum atomic E-state index is 10.9. The van der Waals surface area contributed by atoms with Crippen molar-refractivity contribution in [3.63, 3.8) is 0 Å². The standard InChI is InChI=1S/C21H28N2O4/c1-16-12-19(10-11-20(16)23(25)26)27-15-18(24)14-22(21(2,3)4)13-17-8-6-5-7-9-17/h5-12,18,24H,13-15H2,1-4H3. The summed E-state index contributed by atoms with van der Waals surface area (Å²) in [4.78, 5) is 12.7. The normalized spacial score (nSPS) is 12.8. The Morgan fingerprint density at radius 2 is 1.85 bits per heavy atom. The van der Waals surface area contributed by atoms with E-state index in [1.54, 1.807) is 19.1 Å². The van der Waals surface area contributed by atoms with Crippen LogP contribution < -0.4 is 4.74 Å². The maximum absolute atomic E-state index is 10.9. The molecule has 0 saturated heterocycles. The average molecular weight is 372 g/mol. The first-order valence-electron chi connectivity index (χ1n) is 9.01. The van der Waals surface area contributed by atoms with Crippen molar-refractivity contribution in [2.24, 2.45) is 0 Å². The zero-order chi connectivity index (χ0) is 20.0. The van der Waals surface area contributed by atoms with Crippen LogP contribution in [-0.4, -0.2) is 39.7 Å². The highest BCUT2D eigenvalue weighted by Gasteiger charge is 2.24. The number of nitro benzene ring substituents is 1. The van der Waals surface area contributed by atoms with Gasteiger partial charge in [0.1, 0.15) is 18.5 Å². The Morgan fingerprint density at radius 1 is 1.19 bits per heavy atom. The summed E-state index contributed by atoms with van der Waals surface area (Å²) in [5.74, 6) is 0.516. The van der Waals surface area contributed by atoms with Crippen LogP contribution in [0, 0.1) is 17.0 Å². The van der Waals surface area contributed by atoms with Crippen LogP contribution in [0.4, 0.5) is 5.69 Å². The number of ether oxygens (including phenoxy) is 1. The molecule has 0 radical (unpaired) electrons. The minimum atomic E-state index is -0.677. The van der Waals surface area contributed by atoms with Gasteiger partial charge in [0, 0.05) is 30.3 Å². The number of aliphatic hydroxyl groups is 1. The molecule has 0 aromatic heterocycles. The molecular formula is C21H28N2O4. The molecule has 2 aromatic rings. The molecule has 0 aliphatic heterocycles. The molecular weight excluding hydrogens is 344 g/mol. The molecule has 0 aliphatic rings.